The molecule has 6 heteroatoms. The van der Waals surface area contributed by atoms with Crippen LogP contribution in [0.2, 0.25) is 0 Å². The second-order valence-electron chi connectivity index (χ2n) is 7.28. The zero-order valence-electron chi connectivity index (χ0n) is 17.8. The number of hydrogen-bond acceptors (Lipinski definition) is 2. The third-order valence-electron chi connectivity index (χ3n) is 4.88. The molecule has 0 aliphatic rings. The van der Waals surface area contributed by atoms with E-state index in [1.807, 2.05) is 30.3 Å². The van der Waals surface area contributed by atoms with Crippen LogP contribution in [0.4, 0.5) is 0 Å². The predicted molar refractivity (Wildman–Crippen MR) is 124 cm³/mol. The van der Waals surface area contributed by atoms with Crippen molar-refractivity contribution in [2.75, 3.05) is 26.2 Å². The smallest absolute Gasteiger partial charge is 0.251 e. The van der Waals surface area contributed by atoms with Gasteiger partial charge in [-0.2, -0.15) is 0 Å². The first-order chi connectivity index (χ1) is 14.7. The Labute approximate surface area is 178 Å². The molecule has 0 aliphatic carbocycles. The summed E-state index contributed by atoms with van der Waals surface area (Å²) in [5.41, 5.74) is 4.43. The van der Waals surface area contributed by atoms with Gasteiger partial charge in [0.05, 0.1) is 0 Å². The van der Waals surface area contributed by atoms with Gasteiger partial charge in [0.25, 0.3) is 5.91 Å². The number of guanidine groups is 1. The lowest BCUT2D eigenvalue weighted by Crippen LogP contribution is -2.38. The summed E-state index contributed by atoms with van der Waals surface area (Å²) in [6.07, 6.45) is 3.79. The lowest BCUT2D eigenvalue weighted by Gasteiger charge is -2.11. The zero-order chi connectivity index (χ0) is 21.2. The number of aromatic amines is 1. The van der Waals surface area contributed by atoms with E-state index < -0.39 is 0 Å². The molecule has 4 N–H and O–H groups in total. The Bertz CT molecular complexity index is 978. The molecule has 1 heterocycles. The van der Waals surface area contributed by atoms with Gasteiger partial charge in [-0.1, -0.05) is 30.3 Å². The minimum Gasteiger partial charge on any atom is -0.361 e. The van der Waals surface area contributed by atoms with Crippen LogP contribution in [0.15, 0.2) is 59.7 Å². The first-order valence-corrected chi connectivity index (χ1v) is 10.6. The number of hydrogen-bond donors (Lipinski definition) is 4. The van der Waals surface area contributed by atoms with E-state index in [9.17, 15) is 4.79 Å². The van der Waals surface area contributed by atoms with E-state index in [1.165, 1.54) is 22.0 Å². The van der Waals surface area contributed by atoms with Gasteiger partial charge in [-0.25, -0.2) is 0 Å². The van der Waals surface area contributed by atoms with E-state index >= 15 is 0 Å². The Hall–Kier alpha value is -3.28. The molecule has 30 heavy (non-hydrogen) atoms. The van der Waals surface area contributed by atoms with Gasteiger partial charge in [-0.05, 0) is 56.0 Å². The highest BCUT2D eigenvalue weighted by molar-refractivity contribution is 5.94. The van der Waals surface area contributed by atoms with E-state index in [0.29, 0.717) is 18.7 Å². The van der Waals surface area contributed by atoms with Crippen LogP contribution in [-0.2, 0) is 6.42 Å². The fourth-order valence-electron chi connectivity index (χ4n) is 3.33. The molecule has 0 aliphatic heterocycles. The van der Waals surface area contributed by atoms with Gasteiger partial charge in [-0.15, -0.1) is 0 Å². The Morgan fingerprint density at radius 1 is 1.03 bits per heavy atom. The quantitative estimate of drug-likeness (QED) is 0.250. The van der Waals surface area contributed by atoms with Crippen molar-refractivity contribution >= 4 is 22.8 Å². The summed E-state index contributed by atoms with van der Waals surface area (Å²) in [5, 5.41) is 10.9. The topological polar surface area (TPSA) is 81.3 Å². The predicted octanol–water partition coefficient (Wildman–Crippen LogP) is 3.39. The highest BCUT2D eigenvalue weighted by atomic mass is 16.1. The third kappa shape index (κ3) is 6.11. The molecular weight excluding hydrogens is 374 g/mol. The van der Waals surface area contributed by atoms with Crippen molar-refractivity contribution in [1.29, 1.82) is 0 Å². The third-order valence-corrected chi connectivity index (χ3v) is 4.88. The summed E-state index contributed by atoms with van der Waals surface area (Å²) >= 11 is 0. The number of amides is 1. The summed E-state index contributed by atoms with van der Waals surface area (Å²) < 4.78 is 0. The molecule has 3 aromatic rings. The number of nitrogens with zero attached hydrogens (tertiary/aromatic N) is 1. The summed E-state index contributed by atoms with van der Waals surface area (Å²) in [7, 11) is 0. The summed E-state index contributed by atoms with van der Waals surface area (Å²) in [6.45, 7) is 7.02. The molecule has 0 saturated carbocycles. The van der Waals surface area contributed by atoms with Crippen LogP contribution in [0.25, 0.3) is 10.9 Å². The Kier molecular flexibility index (Phi) is 7.89. The molecular formula is C24H31N5O. The normalized spacial score (nSPS) is 11.5. The number of carbonyl (C=O) groups excluding carboxylic acids is 1. The number of carbonyl (C=O) groups is 1. The number of aromatic nitrogens is 1. The fourth-order valence-corrected chi connectivity index (χ4v) is 3.33. The van der Waals surface area contributed by atoms with Gasteiger partial charge in [0, 0.05) is 48.8 Å². The molecule has 0 atom stereocenters. The first-order valence-electron chi connectivity index (χ1n) is 10.6. The molecule has 158 valence electrons. The molecule has 0 fully saturated rings. The molecule has 0 saturated heterocycles. The Balaban J connectivity index is 1.42. The van der Waals surface area contributed by atoms with E-state index in [1.54, 1.807) is 0 Å². The van der Waals surface area contributed by atoms with Gasteiger partial charge < -0.3 is 20.9 Å². The number of aliphatic imine (C=N–C) groups is 1. The van der Waals surface area contributed by atoms with Crippen LogP contribution in [-0.4, -0.2) is 43.0 Å². The van der Waals surface area contributed by atoms with Crippen molar-refractivity contribution in [1.82, 2.24) is 20.9 Å². The van der Waals surface area contributed by atoms with E-state index in [0.717, 1.165) is 31.9 Å². The fraction of sp³-hybridized carbons (Fsp3) is 0.333. The number of benzene rings is 2. The largest absolute Gasteiger partial charge is 0.361 e. The van der Waals surface area contributed by atoms with Crippen molar-refractivity contribution < 1.29 is 4.79 Å². The SMILES string of the molecule is CCNC(=NCCCNC(=O)c1ccccc1)NCCc1c[nH]c2cc(C)ccc12. The molecule has 2 aromatic carbocycles. The highest BCUT2D eigenvalue weighted by Gasteiger charge is 2.05. The van der Waals surface area contributed by atoms with E-state index in [-0.39, 0.29) is 5.91 Å². The van der Waals surface area contributed by atoms with Gasteiger partial charge in [0.15, 0.2) is 5.96 Å². The average molecular weight is 406 g/mol. The monoisotopic (exact) mass is 405 g/mol. The van der Waals surface area contributed by atoms with Crippen molar-refractivity contribution in [2.24, 2.45) is 4.99 Å². The number of rotatable bonds is 9. The van der Waals surface area contributed by atoms with Crippen LogP contribution in [0.1, 0.15) is 34.8 Å². The van der Waals surface area contributed by atoms with Crippen LogP contribution in [0, 0.1) is 6.92 Å². The van der Waals surface area contributed by atoms with Crippen LogP contribution in [0.5, 0.6) is 0 Å². The Morgan fingerprint density at radius 2 is 1.87 bits per heavy atom. The van der Waals surface area contributed by atoms with Gasteiger partial charge in [-0.3, -0.25) is 9.79 Å². The minimum atomic E-state index is -0.0430. The maximum absolute atomic E-state index is 12.0. The Morgan fingerprint density at radius 3 is 2.67 bits per heavy atom. The molecule has 1 aromatic heterocycles. The summed E-state index contributed by atoms with van der Waals surface area (Å²) in [5.74, 6) is 0.765. The van der Waals surface area contributed by atoms with Crippen LogP contribution in [0.3, 0.4) is 0 Å². The van der Waals surface area contributed by atoms with E-state index in [4.69, 9.17) is 0 Å². The van der Waals surface area contributed by atoms with Crippen LogP contribution >= 0.6 is 0 Å². The molecule has 1 amide bonds. The number of aryl methyl sites for hydroxylation is 1. The molecule has 0 unspecified atom stereocenters. The lowest BCUT2D eigenvalue weighted by atomic mass is 10.1. The van der Waals surface area contributed by atoms with Gasteiger partial charge in [0.1, 0.15) is 0 Å². The van der Waals surface area contributed by atoms with Crippen molar-refractivity contribution in [2.45, 2.75) is 26.7 Å². The number of H-pyrrole nitrogens is 1. The van der Waals surface area contributed by atoms with E-state index in [2.05, 4.69) is 64.2 Å². The van der Waals surface area contributed by atoms with Crippen molar-refractivity contribution in [3.05, 3.63) is 71.4 Å². The number of fused-ring (bicyclic) bond motifs is 1. The van der Waals surface area contributed by atoms with Crippen molar-refractivity contribution in [3.8, 4) is 0 Å². The maximum atomic E-state index is 12.0. The second-order valence-corrected chi connectivity index (χ2v) is 7.28. The van der Waals surface area contributed by atoms with Crippen LogP contribution < -0.4 is 16.0 Å². The van der Waals surface area contributed by atoms with Crippen molar-refractivity contribution in [3.63, 3.8) is 0 Å². The summed E-state index contributed by atoms with van der Waals surface area (Å²) in [4.78, 5) is 20.0. The molecule has 3 rings (SSSR count). The molecule has 0 bridgehead atoms. The van der Waals surface area contributed by atoms with Gasteiger partial charge in [0.2, 0.25) is 0 Å². The summed E-state index contributed by atoms with van der Waals surface area (Å²) in [6, 6.07) is 15.8. The molecule has 0 spiro atoms. The standard InChI is InChI=1S/C24H31N5O/c1-3-25-24(27-14-7-13-26-23(30)19-8-5-4-6-9-19)28-15-12-20-17-29-22-16-18(2)10-11-21(20)22/h4-6,8-11,16-17,29H,3,7,12-15H2,1-2H3,(H,26,30)(H2,25,27,28). The average Bonchev–Trinajstić information content (AvgIpc) is 3.15. The maximum Gasteiger partial charge on any atom is 0.251 e. The second kappa shape index (κ2) is 11.0. The molecule has 0 radical (unpaired) electrons. The first kappa shape index (κ1) is 21.4. The van der Waals surface area contributed by atoms with Gasteiger partial charge >= 0.3 is 0 Å². The molecule has 6 nitrogen and oxygen atoms in total. The highest BCUT2D eigenvalue weighted by Crippen LogP contribution is 2.19. The number of nitrogens with one attached hydrogen (secondary N) is 4. The minimum absolute atomic E-state index is 0.0430. The zero-order valence-corrected chi connectivity index (χ0v) is 17.8. The lowest BCUT2D eigenvalue weighted by molar-refractivity contribution is 0.0953.